The Morgan fingerprint density at radius 3 is 2.94 bits per heavy atom. The molecule has 0 aromatic carbocycles. The van der Waals surface area contributed by atoms with Crippen LogP contribution in [0.5, 0.6) is 0 Å². The molecule has 0 aliphatic heterocycles. The van der Waals surface area contributed by atoms with Gasteiger partial charge in [0.05, 0.1) is 24.4 Å². The number of rotatable bonds is 4. The average molecular weight is 244 g/mol. The Kier molecular flexibility index (Phi) is 3.78. The summed E-state index contributed by atoms with van der Waals surface area (Å²) in [5, 5.41) is 9.65. The van der Waals surface area contributed by atoms with Crippen molar-refractivity contribution in [1.82, 2.24) is 15.0 Å². The predicted molar refractivity (Wildman–Crippen MR) is 66.5 cm³/mol. The first-order chi connectivity index (χ1) is 8.35. The fourth-order valence-electron chi connectivity index (χ4n) is 1.54. The molecule has 0 saturated carbocycles. The molecular formula is C12H12N4S. The summed E-state index contributed by atoms with van der Waals surface area (Å²) in [5.41, 5.74) is 1.80. The molecule has 0 saturated heterocycles. The minimum absolute atomic E-state index is 0.424. The molecule has 2 aromatic rings. The fourth-order valence-corrected chi connectivity index (χ4v) is 2.55. The van der Waals surface area contributed by atoms with Crippen LogP contribution in [0.2, 0.25) is 0 Å². The summed E-state index contributed by atoms with van der Waals surface area (Å²) in [7, 11) is 0. The summed E-state index contributed by atoms with van der Waals surface area (Å²) in [6.07, 6.45) is 7.36. The van der Waals surface area contributed by atoms with Gasteiger partial charge in [0.15, 0.2) is 0 Å². The second-order valence-electron chi connectivity index (χ2n) is 3.56. The zero-order valence-corrected chi connectivity index (χ0v) is 10.4. The van der Waals surface area contributed by atoms with Crippen molar-refractivity contribution in [3.8, 4) is 16.8 Å². The van der Waals surface area contributed by atoms with Gasteiger partial charge in [-0.2, -0.15) is 5.26 Å². The molecule has 86 valence electrons. The molecule has 2 rings (SSSR count). The number of nitriles is 1. The van der Waals surface area contributed by atoms with Crippen LogP contribution in [0.4, 0.5) is 0 Å². The van der Waals surface area contributed by atoms with Crippen LogP contribution in [-0.4, -0.2) is 15.0 Å². The van der Waals surface area contributed by atoms with Gasteiger partial charge >= 0.3 is 0 Å². The Hall–Kier alpha value is -1.80. The van der Waals surface area contributed by atoms with Crippen LogP contribution in [0.15, 0.2) is 18.6 Å². The second kappa shape index (κ2) is 5.51. The number of aryl methyl sites for hydroxylation is 1. The summed E-state index contributed by atoms with van der Waals surface area (Å²) < 4.78 is 0. The second-order valence-corrected chi connectivity index (χ2v) is 4.65. The summed E-state index contributed by atoms with van der Waals surface area (Å²) in [5.74, 6) is 0. The van der Waals surface area contributed by atoms with Crippen LogP contribution >= 0.6 is 11.3 Å². The lowest BCUT2D eigenvalue weighted by Gasteiger charge is -1.93. The van der Waals surface area contributed by atoms with Gasteiger partial charge in [-0.1, -0.05) is 13.3 Å². The highest BCUT2D eigenvalue weighted by Crippen LogP contribution is 2.27. The van der Waals surface area contributed by atoms with Crippen LogP contribution in [0.1, 0.15) is 23.9 Å². The lowest BCUT2D eigenvalue weighted by atomic mass is 10.2. The highest BCUT2D eigenvalue weighted by atomic mass is 32.1. The number of hydrogen-bond acceptors (Lipinski definition) is 5. The van der Waals surface area contributed by atoms with E-state index in [0.29, 0.717) is 6.42 Å². The van der Waals surface area contributed by atoms with Crippen molar-refractivity contribution in [3.63, 3.8) is 0 Å². The van der Waals surface area contributed by atoms with E-state index in [9.17, 15) is 0 Å². The molecule has 2 aromatic heterocycles. The van der Waals surface area contributed by atoms with Crippen molar-refractivity contribution in [1.29, 1.82) is 5.26 Å². The van der Waals surface area contributed by atoms with Crippen LogP contribution < -0.4 is 0 Å². The zero-order valence-electron chi connectivity index (χ0n) is 9.55. The molecule has 0 aliphatic carbocycles. The van der Waals surface area contributed by atoms with Crippen molar-refractivity contribution in [3.05, 3.63) is 29.2 Å². The molecule has 17 heavy (non-hydrogen) atoms. The Morgan fingerprint density at radius 2 is 2.29 bits per heavy atom. The molecule has 0 fully saturated rings. The maximum atomic E-state index is 8.79. The molecule has 4 nitrogen and oxygen atoms in total. The molecule has 0 amide bonds. The standard InChI is InChI=1S/C12H12N4S/c1-2-3-9-11(4-5-13)17-12(16-9)10-8-14-6-7-15-10/h6-8H,2-4H2,1H3. The van der Waals surface area contributed by atoms with Crippen molar-refractivity contribution in [2.24, 2.45) is 0 Å². The first-order valence-electron chi connectivity index (χ1n) is 5.47. The molecule has 0 N–H and O–H groups in total. The van der Waals surface area contributed by atoms with Gasteiger partial charge in [0.1, 0.15) is 10.7 Å². The topological polar surface area (TPSA) is 62.5 Å². The van der Waals surface area contributed by atoms with Gasteiger partial charge in [0, 0.05) is 17.3 Å². The quantitative estimate of drug-likeness (QED) is 0.829. The predicted octanol–water partition coefficient (Wildman–Crippen LogP) is 2.62. The van der Waals surface area contributed by atoms with Crippen LogP contribution in [0, 0.1) is 11.3 Å². The van der Waals surface area contributed by atoms with E-state index in [-0.39, 0.29) is 0 Å². The Labute approximate surface area is 104 Å². The number of thiazole rings is 1. The molecule has 0 spiro atoms. The molecule has 0 aliphatic rings. The monoisotopic (exact) mass is 244 g/mol. The van der Waals surface area contributed by atoms with E-state index in [2.05, 4.69) is 27.9 Å². The number of aromatic nitrogens is 3. The lowest BCUT2D eigenvalue weighted by molar-refractivity contribution is 0.881. The SMILES string of the molecule is CCCc1nc(-c2cnccn2)sc1CC#N. The normalized spacial score (nSPS) is 10.1. The molecule has 0 unspecified atom stereocenters. The van der Waals surface area contributed by atoms with Gasteiger partial charge in [-0.3, -0.25) is 9.97 Å². The molecular weight excluding hydrogens is 232 g/mol. The minimum Gasteiger partial charge on any atom is -0.261 e. The first-order valence-corrected chi connectivity index (χ1v) is 6.28. The first kappa shape index (κ1) is 11.7. The third-order valence-electron chi connectivity index (χ3n) is 2.29. The van der Waals surface area contributed by atoms with E-state index < -0.39 is 0 Å². The van der Waals surface area contributed by atoms with E-state index in [1.807, 2.05) is 0 Å². The van der Waals surface area contributed by atoms with Crippen molar-refractivity contribution in [2.45, 2.75) is 26.2 Å². The number of hydrogen-bond donors (Lipinski definition) is 0. The lowest BCUT2D eigenvalue weighted by Crippen LogP contribution is -1.89. The van der Waals surface area contributed by atoms with Crippen molar-refractivity contribution >= 4 is 11.3 Å². The smallest absolute Gasteiger partial charge is 0.144 e. The molecule has 0 bridgehead atoms. The van der Waals surface area contributed by atoms with Crippen LogP contribution in [0.3, 0.4) is 0 Å². The van der Waals surface area contributed by atoms with Gasteiger partial charge in [-0.25, -0.2) is 4.98 Å². The summed E-state index contributed by atoms with van der Waals surface area (Å²) in [6.45, 7) is 2.11. The van der Waals surface area contributed by atoms with Crippen molar-refractivity contribution in [2.75, 3.05) is 0 Å². The van der Waals surface area contributed by atoms with Crippen LogP contribution in [-0.2, 0) is 12.8 Å². The van der Waals surface area contributed by atoms with Gasteiger partial charge in [-0.05, 0) is 6.42 Å². The number of nitrogens with zero attached hydrogens (tertiary/aromatic N) is 4. The summed E-state index contributed by atoms with van der Waals surface area (Å²) >= 11 is 1.54. The third-order valence-corrected chi connectivity index (χ3v) is 3.41. The Bertz CT molecular complexity index is 527. The van der Waals surface area contributed by atoms with Crippen LogP contribution in [0.25, 0.3) is 10.7 Å². The third kappa shape index (κ3) is 2.66. The zero-order chi connectivity index (χ0) is 12.1. The van der Waals surface area contributed by atoms with Gasteiger partial charge in [0.25, 0.3) is 0 Å². The van der Waals surface area contributed by atoms with E-state index in [1.54, 1.807) is 29.9 Å². The maximum Gasteiger partial charge on any atom is 0.144 e. The molecule has 0 atom stereocenters. The van der Waals surface area contributed by atoms with Gasteiger partial charge in [-0.15, -0.1) is 11.3 Å². The maximum absolute atomic E-state index is 8.79. The highest BCUT2D eigenvalue weighted by molar-refractivity contribution is 7.15. The fraction of sp³-hybridized carbons (Fsp3) is 0.333. The molecule has 0 radical (unpaired) electrons. The van der Waals surface area contributed by atoms with E-state index in [0.717, 1.165) is 34.1 Å². The molecule has 5 heteroatoms. The summed E-state index contributed by atoms with van der Waals surface area (Å²) in [6, 6.07) is 2.18. The van der Waals surface area contributed by atoms with Crippen molar-refractivity contribution < 1.29 is 0 Å². The Morgan fingerprint density at radius 1 is 1.41 bits per heavy atom. The summed E-state index contributed by atoms with van der Waals surface area (Å²) in [4.78, 5) is 13.9. The average Bonchev–Trinajstić information content (AvgIpc) is 2.75. The van der Waals surface area contributed by atoms with E-state index in [4.69, 9.17) is 5.26 Å². The van der Waals surface area contributed by atoms with Gasteiger partial charge < -0.3 is 0 Å². The minimum atomic E-state index is 0.424. The Balaban J connectivity index is 2.37. The largest absolute Gasteiger partial charge is 0.261 e. The van der Waals surface area contributed by atoms with E-state index >= 15 is 0 Å². The van der Waals surface area contributed by atoms with Gasteiger partial charge in [0.2, 0.25) is 0 Å². The van der Waals surface area contributed by atoms with E-state index in [1.165, 1.54) is 0 Å². The highest BCUT2D eigenvalue weighted by Gasteiger charge is 2.12. The molecule has 2 heterocycles.